The van der Waals surface area contributed by atoms with Crippen molar-refractivity contribution in [3.05, 3.63) is 40.9 Å². The van der Waals surface area contributed by atoms with Crippen LogP contribution in [0, 0.1) is 0 Å². The van der Waals surface area contributed by atoms with E-state index in [1.54, 1.807) is 19.2 Å². The molecule has 0 bridgehead atoms. The minimum absolute atomic E-state index is 0.0602. The van der Waals surface area contributed by atoms with Gasteiger partial charge < -0.3 is 15.0 Å². The Labute approximate surface area is 168 Å². The molecule has 28 heavy (non-hydrogen) atoms. The molecular weight excluding hydrogens is 378 g/mol. The van der Waals surface area contributed by atoms with E-state index < -0.39 is 18.5 Å². The van der Waals surface area contributed by atoms with E-state index in [4.69, 9.17) is 4.74 Å². The maximum Gasteiger partial charge on any atom is 0.358 e. The second kappa shape index (κ2) is 10.6. The number of thiazole rings is 1. The molecule has 0 aliphatic rings. The summed E-state index contributed by atoms with van der Waals surface area (Å²) in [5.41, 5.74) is 2.32. The zero-order chi connectivity index (χ0) is 20.5. The van der Waals surface area contributed by atoms with Gasteiger partial charge in [-0.2, -0.15) is 0 Å². The number of likely N-dealkylation sites (N-methyl/N-ethyl adjacent to an activating group) is 2. The van der Waals surface area contributed by atoms with Crippen molar-refractivity contribution in [1.82, 2.24) is 15.2 Å². The molecule has 0 aliphatic heterocycles. The Bertz CT molecular complexity index is 817. The molecule has 1 heterocycles. The van der Waals surface area contributed by atoms with Gasteiger partial charge in [0.05, 0.1) is 6.54 Å². The van der Waals surface area contributed by atoms with Crippen LogP contribution in [-0.2, 0) is 20.7 Å². The molecule has 0 radical (unpaired) electrons. The van der Waals surface area contributed by atoms with Gasteiger partial charge in [-0.05, 0) is 25.8 Å². The number of nitrogens with one attached hydrogen (secondary N) is 1. The summed E-state index contributed by atoms with van der Waals surface area (Å²) in [5.74, 6) is -1.33. The van der Waals surface area contributed by atoms with Gasteiger partial charge in [0.1, 0.15) is 5.01 Å². The van der Waals surface area contributed by atoms with Gasteiger partial charge in [-0.15, -0.1) is 11.3 Å². The van der Waals surface area contributed by atoms with Gasteiger partial charge in [0.2, 0.25) is 5.91 Å². The van der Waals surface area contributed by atoms with Crippen molar-refractivity contribution in [2.24, 2.45) is 0 Å². The van der Waals surface area contributed by atoms with Gasteiger partial charge in [0.25, 0.3) is 5.91 Å². The average Bonchev–Trinajstić information content (AvgIpc) is 3.20. The summed E-state index contributed by atoms with van der Waals surface area (Å²) >= 11 is 1.34. The number of rotatable bonds is 9. The largest absolute Gasteiger partial charge is 0.451 e. The van der Waals surface area contributed by atoms with E-state index in [1.807, 2.05) is 24.3 Å². The van der Waals surface area contributed by atoms with E-state index in [-0.39, 0.29) is 18.1 Å². The second-order valence-corrected chi connectivity index (χ2v) is 6.88. The lowest BCUT2D eigenvalue weighted by Gasteiger charge is -2.19. The van der Waals surface area contributed by atoms with Crippen LogP contribution in [0.15, 0.2) is 29.6 Å². The lowest BCUT2D eigenvalue weighted by molar-refractivity contribution is -0.138. The SMILES string of the molecule is CCNC(=O)CN(CC)C(=O)COC(=O)c1csc(-c2ccc(CC)cc2)n1. The average molecular weight is 404 g/mol. The molecule has 2 aromatic rings. The van der Waals surface area contributed by atoms with Gasteiger partial charge in [0, 0.05) is 24.0 Å². The van der Waals surface area contributed by atoms with Crippen molar-refractivity contribution < 1.29 is 19.1 Å². The molecule has 8 heteroatoms. The van der Waals surface area contributed by atoms with E-state index in [0.717, 1.165) is 12.0 Å². The molecule has 7 nitrogen and oxygen atoms in total. The predicted molar refractivity (Wildman–Crippen MR) is 108 cm³/mol. The number of aryl methyl sites for hydroxylation is 1. The zero-order valence-electron chi connectivity index (χ0n) is 16.4. The summed E-state index contributed by atoms with van der Waals surface area (Å²) in [7, 11) is 0. The number of ether oxygens (including phenoxy) is 1. The molecule has 1 aromatic carbocycles. The Hall–Kier alpha value is -2.74. The molecule has 0 fully saturated rings. The standard InChI is InChI=1S/C20H25N3O4S/c1-4-14-7-9-15(10-8-14)19-22-16(13-28-19)20(26)27-12-18(25)23(6-3)11-17(24)21-5-2/h7-10,13H,4-6,11-12H2,1-3H3,(H,21,24). The summed E-state index contributed by atoms with van der Waals surface area (Å²) < 4.78 is 5.08. The highest BCUT2D eigenvalue weighted by Gasteiger charge is 2.19. The number of carbonyl (C=O) groups is 3. The van der Waals surface area contributed by atoms with Crippen LogP contribution >= 0.6 is 11.3 Å². The molecule has 0 atom stereocenters. The van der Waals surface area contributed by atoms with Crippen LogP contribution in [0.1, 0.15) is 36.8 Å². The number of esters is 1. The third-order valence-electron chi connectivity index (χ3n) is 4.09. The minimum Gasteiger partial charge on any atom is -0.451 e. The molecule has 0 saturated heterocycles. The van der Waals surface area contributed by atoms with E-state index in [9.17, 15) is 14.4 Å². The lowest BCUT2D eigenvalue weighted by Crippen LogP contribution is -2.42. The zero-order valence-corrected chi connectivity index (χ0v) is 17.2. The van der Waals surface area contributed by atoms with Crippen LogP contribution in [0.2, 0.25) is 0 Å². The first-order chi connectivity index (χ1) is 13.5. The van der Waals surface area contributed by atoms with Crippen molar-refractivity contribution >= 4 is 29.1 Å². The van der Waals surface area contributed by atoms with Crippen LogP contribution in [-0.4, -0.2) is 53.9 Å². The van der Waals surface area contributed by atoms with Crippen LogP contribution in [0.5, 0.6) is 0 Å². The third kappa shape index (κ3) is 5.88. The van der Waals surface area contributed by atoms with Crippen molar-refractivity contribution in [3.63, 3.8) is 0 Å². The monoisotopic (exact) mass is 403 g/mol. The molecule has 150 valence electrons. The van der Waals surface area contributed by atoms with Crippen LogP contribution in [0.4, 0.5) is 0 Å². The summed E-state index contributed by atoms with van der Waals surface area (Å²) in [6.07, 6.45) is 0.957. The van der Waals surface area contributed by atoms with Crippen LogP contribution in [0.3, 0.4) is 0 Å². The summed E-state index contributed by atoms with van der Waals surface area (Å²) in [5, 5.41) is 4.96. The number of benzene rings is 1. The number of hydrogen-bond donors (Lipinski definition) is 1. The van der Waals surface area contributed by atoms with E-state index in [2.05, 4.69) is 17.2 Å². The summed E-state index contributed by atoms with van der Waals surface area (Å²) in [4.78, 5) is 41.7. The van der Waals surface area contributed by atoms with E-state index >= 15 is 0 Å². The van der Waals surface area contributed by atoms with Gasteiger partial charge in [-0.25, -0.2) is 9.78 Å². The maximum absolute atomic E-state index is 12.2. The van der Waals surface area contributed by atoms with Crippen LogP contribution in [0.25, 0.3) is 10.6 Å². The smallest absolute Gasteiger partial charge is 0.358 e. The molecular formula is C20H25N3O4S. The molecule has 0 unspecified atom stereocenters. The second-order valence-electron chi connectivity index (χ2n) is 6.03. The number of aromatic nitrogens is 1. The van der Waals surface area contributed by atoms with Crippen molar-refractivity contribution in [2.45, 2.75) is 27.2 Å². The highest BCUT2D eigenvalue weighted by molar-refractivity contribution is 7.13. The normalized spacial score (nSPS) is 10.4. The van der Waals surface area contributed by atoms with E-state index in [1.165, 1.54) is 21.8 Å². The Morgan fingerprint density at radius 2 is 1.86 bits per heavy atom. The quantitative estimate of drug-likeness (QED) is 0.650. The Kier molecular flexibility index (Phi) is 8.13. The highest BCUT2D eigenvalue weighted by atomic mass is 32.1. The Balaban J connectivity index is 1.93. The molecule has 1 aromatic heterocycles. The lowest BCUT2D eigenvalue weighted by atomic mass is 10.1. The first-order valence-electron chi connectivity index (χ1n) is 9.24. The van der Waals surface area contributed by atoms with Gasteiger partial charge in [-0.1, -0.05) is 31.2 Å². The number of amides is 2. The fourth-order valence-corrected chi connectivity index (χ4v) is 3.27. The molecule has 0 spiro atoms. The van der Waals surface area contributed by atoms with Gasteiger partial charge in [-0.3, -0.25) is 9.59 Å². The van der Waals surface area contributed by atoms with Crippen molar-refractivity contribution in [1.29, 1.82) is 0 Å². The first kappa shape index (κ1) is 21.6. The Morgan fingerprint density at radius 1 is 1.14 bits per heavy atom. The molecule has 2 rings (SSSR count). The van der Waals surface area contributed by atoms with E-state index in [0.29, 0.717) is 18.1 Å². The predicted octanol–water partition coefficient (Wildman–Crippen LogP) is 2.51. The minimum atomic E-state index is -0.657. The number of nitrogens with zero attached hydrogens (tertiary/aromatic N) is 2. The maximum atomic E-state index is 12.2. The topological polar surface area (TPSA) is 88.6 Å². The molecule has 2 amide bonds. The third-order valence-corrected chi connectivity index (χ3v) is 4.98. The Morgan fingerprint density at radius 3 is 2.46 bits per heavy atom. The first-order valence-corrected chi connectivity index (χ1v) is 10.1. The molecule has 1 N–H and O–H groups in total. The fraction of sp³-hybridized carbons (Fsp3) is 0.400. The van der Waals surface area contributed by atoms with Gasteiger partial charge in [0.15, 0.2) is 12.3 Å². The highest BCUT2D eigenvalue weighted by Crippen LogP contribution is 2.24. The van der Waals surface area contributed by atoms with Crippen LogP contribution < -0.4 is 5.32 Å². The fourth-order valence-electron chi connectivity index (χ4n) is 2.48. The summed E-state index contributed by atoms with van der Waals surface area (Å²) in [6.45, 7) is 6.01. The summed E-state index contributed by atoms with van der Waals surface area (Å²) in [6, 6.07) is 8.00. The van der Waals surface area contributed by atoms with Gasteiger partial charge >= 0.3 is 5.97 Å². The van der Waals surface area contributed by atoms with Crippen molar-refractivity contribution in [3.8, 4) is 10.6 Å². The van der Waals surface area contributed by atoms with Crippen molar-refractivity contribution in [2.75, 3.05) is 26.2 Å². The number of carbonyl (C=O) groups excluding carboxylic acids is 3. The molecule has 0 aliphatic carbocycles. The number of hydrogen-bond acceptors (Lipinski definition) is 6. The molecule has 0 saturated carbocycles.